The molecule has 0 spiro atoms. The maximum absolute atomic E-state index is 12.7. The molecule has 0 N–H and O–H groups in total. The lowest BCUT2D eigenvalue weighted by atomic mass is 9.92. The molecule has 5 heteroatoms. The maximum Gasteiger partial charge on any atom is 0.241 e. The summed E-state index contributed by atoms with van der Waals surface area (Å²) in [5.74, 6) is 0.0117. The highest BCUT2D eigenvalue weighted by Crippen LogP contribution is 2.39. The van der Waals surface area contributed by atoms with Crippen LogP contribution < -0.4 is 4.90 Å². The monoisotopic (exact) mass is 361 g/mol. The molecule has 24 heavy (non-hydrogen) atoms. The Balaban J connectivity index is 1.96. The van der Waals surface area contributed by atoms with E-state index in [1.54, 1.807) is 0 Å². The van der Waals surface area contributed by atoms with Crippen LogP contribution in [0, 0.1) is 0 Å². The lowest BCUT2D eigenvalue weighted by Crippen LogP contribution is -2.33. The number of imide groups is 1. The lowest BCUT2D eigenvalue weighted by molar-refractivity contribution is -0.125. The van der Waals surface area contributed by atoms with Gasteiger partial charge in [0.2, 0.25) is 11.8 Å². The van der Waals surface area contributed by atoms with Crippen LogP contribution in [0.2, 0.25) is 0 Å². The number of carbonyl (C=O) groups is 2. The number of para-hydroxylation sites is 1. The van der Waals surface area contributed by atoms with Gasteiger partial charge in [0, 0.05) is 18.7 Å². The summed E-state index contributed by atoms with van der Waals surface area (Å²) < 4.78 is 0. The zero-order valence-corrected chi connectivity index (χ0v) is 14.8. The van der Waals surface area contributed by atoms with Crippen molar-refractivity contribution in [3.8, 4) is 0 Å². The van der Waals surface area contributed by atoms with E-state index in [0.717, 1.165) is 22.3 Å². The summed E-state index contributed by atoms with van der Waals surface area (Å²) in [5.41, 5.74) is 4.57. The van der Waals surface area contributed by atoms with Gasteiger partial charge in [0.05, 0.1) is 11.6 Å². The average molecular weight is 362 g/mol. The predicted octanol–water partition coefficient (Wildman–Crippen LogP) is 4.38. The molecule has 3 nitrogen and oxygen atoms in total. The molecule has 2 aromatic rings. The molecule has 0 saturated heterocycles. The van der Waals surface area contributed by atoms with E-state index in [9.17, 15) is 9.59 Å². The minimum atomic E-state index is -0.352. The zero-order chi connectivity index (χ0) is 17.3. The van der Waals surface area contributed by atoms with Gasteiger partial charge >= 0.3 is 0 Å². The Bertz CT molecular complexity index is 804. The van der Waals surface area contributed by atoms with Gasteiger partial charge in [0.25, 0.3) is 0 Å². The Hall–Kier alpha value is -1.84. The number of hydrogen-bond acceptors (Lipinski definition) is 2. The van der Waals surface area contributed by atoms with Crippen molar-refractivity contribution >= 4 is 40.7 Å². The van der Waals surface area contributed by atoms with E-state index >= 15 is 0 Å². The van der Waals surface area contributed by atoms with Crippen molar-refractivity contribution in [3.63, 3.8) is 0 Å². The van der Waals surface area contributed by atoms with Crippen LogP contribution >= 0.6 is 23.2 Å². The summed E-state index contributed by atoms with van der Waals surface area (Å²) >= 11 is 11.9. The first-order valence-corrected chi connectivity index (χ1v) is 8.79. The van der Waals surface area contributed by atoms with Crippen molar-refractivity contribution in [3.05, 3.63) is 64.7 Å². The Labute approximate surface area is 151 Å². The van der Waals surface area contributed by atoms with Crippen LogP contribution in [0.3, 0.4) is 0 Å². The first-order valence-electron chi connectivity index (χ1n) is 7.73. The number of alkyl halides is 2. The summed E-state index contributed by atoms with van der Waals surface area (Å²) in [6.45, 7) is 1.41. The molecule has 124 valence electrons. The van der Waals surface area contributed by atoms with Gasteiger partial charge in [-0.1, -0.05) is 36.4 Å². The molecular weight excluding hydrogens is 345 g/mol. The number of carbonyl (C=O) groups excluding carboxylic acids is 2. The number of nitrogens with zero attached hydrogens (tertiary/aromatic N) is 1. The fourth-order valence-corrected chi connectivity index (χ4v) is 3.72. The van der Waals surface area contributed by atoms with Gasteiger partial charge in [-0.05, 0) is 34.7 Å². The highest BCUT2D eigenvalue weighted by Gasteiger charge is 2.39. The van der Waals surface area contributed by atoms with E-state index in [1.807, 2.05) is 42.5 Å². The first kappa shape index (κ1) is 17.0. The summed E-state index contributed by atoms with van der Waals surface area (Å²) in [4.78, 5) is 25.9. The van der Waals surface area contributed by atoms with E-state index in [-0.39, 0.29) is 17.7 Å². The van der Waals surface area contributed by atoms with Crippen molar-refractivity contribution < 1.29 is 9.59 Å². The van der Waals surface area contributed by atoms with Crippen molar-refractivity contribution in [2.45, 2.75) is 31.0 Å². The molecule has 1 aliphatic heterocycles. The topological polar surface area (TPSA) is 37.4 Å². The van der Waals surface area contributed by atoms with Gasteiger partial charge < -0.3 is 0 Å². The predicted molar refractivity (Wildman–Crippen MR) is 96.6 cm³/mol. The van der Waals surface area contributed by atoms with Gasteiger partial charge in [0.1, 0.15) is 0 Å². The van der Waals surface area contributed by atoms with Crippen molar-refractivity contribution in [1.82, 2.24) is 0 Å². The number of halogens is 2. The fourth-order valence-electron chi connectivity index (χ4n) is 3.21. The minimum absolute atomic E-state index is 0.169. The Morgan fingerprint density at radius 1 is 1.08 bits per heavy atom. The number of rotatable bonds is 4. The molecule has 1 aliphatic rings. The van der Waals surface area contributed by atoms with Crippen molar-refractivity contribution in [2.24, 2.45) is 0 Å². The zero-order valence-electron chi connectivity index (χ0n) is 13.3. The van der Waals surface area contributed by atoms with Crippen LogP contribution in [0.15, 0.2) is 42.5 Å². The standard InChI is InChI=1S/C19H17Cl2NO2/c1-12(23)22-18-5-3-2-4-16(18)17(19(22)24)9-13-6-7-14(10-20)15(8-13)11-21/h2-8,17H,9-11H2,1H3. The van der Waals surface area contributed by atoms with E-state index in [2.05, 4.69) is 0 Å². The quantitative estimate of drug-likeness (QED) is 0.757. The second-order valence-corrected chi connectivity index (χ2v) is 6.41. The van der Waals surface area contributed by atoms with Crippen LogP contribution in [0.1, 0.15) is 35.1 Å². The summed E-state index contributed by atoms with van der Waals surface area (Å²) in [6.07, 6.45) is 0.534. The normalized spacial score (nSPS) is 16.4. The van der Waals surface area contributed by atoms with Crippen LogP contribution in [0.25, 0.3) is 0 Å². The molecule has 0 radical (unpaired) electrons. The molecule has 0 aromatic heterocycles. The maximum atomic E-state index is 12.7. The fraction of sp³-hybridized carbons (Fsp3) is 0.263. The molecule has 0 bridgehead atoms. The number of anilines is 1. The largest absolute Gasteiger partial charge is 0.274 e. The molecule has 2 amide bonds. The number of benzene rings is 2. The van der Waals surface area contributed by atoms with Crippen LogP contribution in [0.4, 0.5) is 5.69 Å². The first-order chi connectivity index (χ1) is 11.6. The highest BCUT2D eigenvalue weighted by molar-refractivity contribution is 6.20. The van der Waals surface area contributed by atoms with Gasteiger partial charge in [-0.3, -0.25) is 9.59 Å². The molecule has 0 aliphatic carbocycles. The molecule has 3 rings (SSSR count). The van der Waals surface area contributed by atoms with Gasteiger partial charge in [-0.2, -0.15) is 0 Å². The van der Waals surface area contributed by atoms with Crippen LogP contribution in [-0.2, 0) is 27.8 Å². The summed E-state index contributed by atoms with van der Waals surface area (Å²) in [6, 6.07) is 13.4. The van der Waals surface area contributed by atoms with Crippen LogP contribution in [-0.4, -0.2) is 11.8 Å². The van der Waals surface area contributed by atoms with Crippen molar-refractivity contribution in [2.75, 3.05) is 4.90 Å². The smallest absolute Gasteiger partial charge is 0.241 e. The van der Waals surface area contributed by atoms with Gasteiger partial charge in [-0.15, -0.1) is 23.2 Å². The second kappa shape index (κ2) is 6.96. The molecule has 1 unspecified atom stereocenters. The van der Waals surface area contributed by atoms with Gasteiger partial charge in [0.15, 0.2) is 0 Å². The Kier molecular flexibility index (Phi) is 4.93. The third-order valence-corrected chi connectivity index (χ3v) is 4.96. The summed E-state index contributed by atoms with van der Waals surface area (Å²) in [7, 11) is 0. The average Bonchev–Trinajstić information content (AvgIpc) is 2.87. The van der Waals surface area contributed by atoms with E-state index in [1.165, 1.54) is 11.8 Å². The second-order valence-electron chi connectivity index (χ2n) is 5.88. The molecule has 0 fully saturated rings. The van der Waals surface area contributed by atoms with Gasteiger partial charge in [-0.25, -0.2) is 4.90 Å². The van der Waals surface area contributed by atoms with Crippen LogP contribution in [0.5, 0.6) is 0 Å². The Morgan fingerprint density at radius 2 is 1.79 bits per heavy atom. The lowest BCUT2D eigenvalue weighted by Gasteiger charge is -2.14. The van der Waals surface area contributed by atoms with E-state index in [4.69, 9.17) is 23.2 Å². The molecular formula is C19H17Cl2NO2. The number of hydrogen-bond donors (Lipinski definition) is 0. The third-order valence-electron chi connectivity index (χ3n) is 4.38. The molecule has 1 atom stereocenters. The molecule has 1 heterocycles. The number of fused-ring (bicyclic) bond motifs is 1. The summed E-state index contributed by atoms with van der Waals surface area (Å²) in [5, 5.41) is 0. The SMILES string of the molecule is CC(=O)N1C(=O)C(Cc2ccc(CCl)c(CCl)c2)c2ccccc21. The van der Waals surface area contributed by atoms with E-state index in [0.29, 0.717) is 23.9 Å². The molecule has 2 aromatic carbocycles. The minimum Gasteiger partial charge on any atom is -0.274 e. The highest BCUT2D eigenvalue weighted by atomic mass is 35.5. The third kappa shape index (κ3) is 2.94. The molecule has 0 saturated carbocycles. The number of amides is 2. The van der Waals surface area contributed by atoms with E-state index < -0.39 is 0 Å². The Morgan fingerprint density at radius 3 is 2.46 bits per heavy atom. The van der Waals surface area contributed by atoms with Crippen molar-refractivity contribution in [1.29, 1.82) is 0 Å².